The fourth-order valence-electron chi connectivity index (χ4n) is 1.41. The molecule has 2 atom stereocenters. The predicted molar refractivity (Wildman–Crippen MR) is 46.6 cm³/mol. The van der Waals surface area contributed by atoms with E-state index in [1.807, 2.05) is 12.2 Å². The second-order valence-corrected chi connectivity index (χ2v) is 3.21. The highest BCUT2D eigenvalue weighted by molar-refractivity contribution is 5.73. The van der Waals surface area contributed by atoms with Crippen molar-refractivity contribution in [3.8, 4) is 0 Å². The largest absolute Gasteiger partial charge is 0.396 e. The van der Waals surface area contributed by atoms with Crippen LogP contribution in [0.2, 0.25) is 0 Å². The lowest BCUT2D eigenvalue weighted by molar-refractivity contribution is -0.119. The number of nitrogens with one attached hydrogen (secondary N) is 1. The van der Waals surface area contributed by atoms with Crippen LogP contribution in [-0.4, -0.2) is 23.7 Å². The van der Waals surface area contributed by atoms with Crippen LogP contribution < -0.4 is 5.32 Å². The minimum absolute atomic E-state index is 0.00657. The maximum atomic E-state index is 10.7. The summed E-state index contributed by atoms with van der Waals surface area (Å²) in [6, 6.07) is 0.172. The molecule has 3 heteroatoms. The van der Waals surface area contributed by atoms with E-state index >= 15 is 0 Å². The zero-order valence-corrected chi connectivity index (χ0v) is 7.29. The molecule has 68 valence electrons. The topological polar surface area (TPSA) is 49.3 Å². The minimum Gasteiger partial charge on any atom is -0.396 e. The molecule has 0 spiro atoms. The third-order valence-electron chi connectivity index (χ3n) is 2.09. The molecule has 2 unspecified atom stereocenters. The lowest BCUT2D eigenvalue weighted by atomic mass is 9.93. The number of carbonyl (C=O) groups is 1. The summed E-state index contributed by atoms with van der Waals surface area (Å²) in [6.07, 6.45) is 5.83. The van der Waals surface area contributed by atoms with Gasteiger partial charge in [0.2, 0.25) is 5.91 Å². The van der Waals surface area contributed by atoms with Crippen molar-refractivity contribution in [1.82, 2.24) is 5.32 Å². The van der Waals surface area contributed by atoms with Gasteiger partial charge in [0.05, 0.1) is 0 Å². The molecule has 2 N–H and O–H groups in total. The van der Waals surface area contributed by atoms with Gasteiger partial charge < -0.3 is 10.4 Å². The Balaban J connectivity index is 2.37. The van der Waals surface area contributed by atoms with Gasteiger partial charge in [-0.1, -0.05) is 12.2 Å². The smallest absolute Gasteiger partial charge is 0.217 e. The Morgan fingerprint density at radius 3 is 2.75 bits per heavy atom. The third-order valence-corrected chi connectivity index (χ3v) is 2.09. The molecular weight excluding hydrogens is 154 g/mol. The zero-order chi connectivity index (χ0) is 8.97. The molecule has 0 aromatic rings. The van der Waals surface area contributed by atoms with Crippen molar-refractivity contribution in [2.24, 2.45) is 5.92 Å². The first-order valence-electron chi connectivity index (χ1n) is 4.28. The van der Waals surface area contributed by atoms with E-state index in [4.69, 9.17) is 5.11 Å². The summed E-state index contributed by atoms with van der Waals surface area (Å²) in [7, 11) is 0. The Kier molecular flexibility index (Phi) is 3.29. The number of hydrogen-bond donors (Lipinski definition) is 2. The van der Waals surface area contributed by atoms with Crippen molar-refractivity contribution in [3.63, 3.8) is 0 Å². The average Bonchev–Trinajstić information content (AvgIpc) is 2.05. The number of hydrogen-bond acceptors (Lipinski definition) is 2. The third kappa shape index (κ3) is 2.66. The molecule has 1 rings (SSSR count). The Hall–Kier alpha value is -0.830. The first-order chi connectivity index (χ1) is 5.72. The summed E-state index contributed by atoms with van der Waals surface area (Å²) >= 11 is 0. The highest BCUT2D eigenvalue weighted by Gasteiger charge is 2.14. The highest BCUT2D eigenvalue weighted by Crippen LogP contribution is 2.16. The number of amides is 1. The summed E-state index contributed by atoms with van der Waals surface area (Å²) in [4.78, 5) is 10.7. The van der Waals surface area contributed by atoms with E-state index in [0.29, 0.717) is 0 Å². The molecule has 1 amide bonds. The molecule has 0 fully saturated rings. The quantitative estimate of drug-likeness (QED) is 0.590. The summed E-state index contributed by atoms with van der Waals surface area (Å²) in [5.41, 5.74) is 0. The molecule has 12 heavy (non-hydrogen) atoms. The van der Waals surface area contributed by atoms with Crippen molar-refractivity contribution < 1.29 is 9.90 Å². The summed E-state index contributed by atoms with van der Waals surface area (Å²) < 4.78 is 0. The Labute approximate surface area is 72.5 Å². The molecule has 0 aliphatic heterocycles. The summed E-state index contributed by atoms with van der Waals surface area (Å²) in [6.45, 7) is 1.73. The maximum absolute atomic E-state index is 10.7. The van der Waals surface area contributed by atoms with Crippen molar-refractivity contribution >= 4 is 5.91 Å². The van der Waals surface area contributed by atoms with E-state index in [1.54, 1.807) is 0 Å². The molecule has 1 aliphatic rings. The van der Waals surface area contributed by atoms with Gasteiger partial charge in [0.15, 0.2) is 0 Å². The fourth-order valence-corrected chi connectivity index (χ4v) is 1.41. The molecule has 0 saturated carbocycles. The van der Waals surface area contributed by atoms with Crippen LogP contribution in [-0.2, 0) is 4.79 Å². The maximum Gasteiger partial charge on any atom is 0.217 e. The fraction of sp³-hybridized carbons (Fsp3) is 0.667. The van der Waals surface area contributed by atoms with Gasteiger partial charge in [-0.05, 0) is 12.8 Å². The first kappa shape index (κ1) is 9.26. The number of carbonyl (C=O) groups excluding carboxylic acids is 1. The average molecular weight is 169 g/mol. The summed E-state index contributed by atoms with van der Waals surface area (Å²) in [5.74, 6) is 0.294. The number of aliphatic hydroxyl groups is 1. The van der Waals surface area contributed by atoms with E-state index in [9.17, 15) is 4.79 Å². The van der Waals surface area contributed by atoms with Gasteiger partial charge >= 0.3 is 0 Å². The molecule has 0 radical (unpaired) electrons. The van der Waals surface area contributed by atoms with Gasteiger partial charge in [-0.15, -0.1) is 0 Å². The van der Waals surface area contributed by atoms with Crippen LogP contribution in [0.1, 0.15) is 19.8 Å². The molecule has 0 bridgehead atoms. The van der Waals surface area contributed by atoms with Crippen LogP contribution in [0.3, 0.4) is 0 Å². The SMILES string of the molecule is CC(=O)NC1C=CC(CO)CC1. The van der Waals surface area contributed by atoms with Crippen molar-refractivity contribution in [1.29, 1.82) is 0 Å². The van der Waals surface area contributed by atoms with Crippen LogP contribution >= 0.6 is 0 Å². The van der Waals surface area contributed by atoms with Crippen LogP contribution in [0.4, 0.5) is 0 Å². The zero-order valence-electron chi connectivity index (χ0n) is 7.29. The van der Waals surface area contributed by atoms with E-state index in [-0.39, 0.29) is 24.5 Å². The number of rotatable bonds is 2. The molecule has 0 heterocycles. The summed E-state index contributed by atoms with van der Waals surface area (Å²) in [5, 5.41) is 11.6. The molecular formula is C9H15NO2. The van der Waals surface area contributed by atoms with Crippen LogP contribution in [0.15, 0.2) is 12.2 Å². The standard InChI is InChI=1S/C9H15NO2/c1-7(12)10-9-4-2-8(6-11)3-5-9/h2,4,8-9,11H,3,5-6H2,1H3,(H,10,12). The van der Waals surface area contributed by atoms with Crippen LogP contribution in [0, 0.1) is 5.92 Å². The lowest BCUT2D eigenvalue weighted by Gasteiger charge is -2.21. The monoisotopic (exact) mass is 169 g/mol. The Morgan fingerprint density at radius 1 is 1.58 bits per heavy atom. The lowest BCUT2D eigenvalue weighted by Crippen LogP contribution is -2.33. The Morgan fingerprint density at radius 2 is 2.33 bits per heavy atom. The highest BCUT2D eigenvalue weighted by atomic mass is 16.3. The van der Waals surface area contributed by atoms with E-state index in [0.717, 1.165) is 12.8 Å². The van der Waals surface area contributed by atoms with Crippen molar-refractivity contribution in [3.05, 3.63) is 12.2 Å². The van der Waals surface area contributed by atoms with Gasteiger partial charge in [-0.25, -0.2) is 0 Å². The first-order valence-corrected chi connectivity index (χ1v) is 4.28. The molecule has 3 nitrogen and oxygen atoms in total. The predicted octanol–water partition coefficient (Wildman–Crippen LogP) is 0.450. The second-order valence-electron chi connectivity index (χ2n) is 3.21. The van der Waals surface area contributed by atoms with E-state index < -0.39 is 0 Å². The Bertz CT molecular complexity index is 189. The van der Waals surface area contributed by atoms with Crippen LogP contribution in [0.5, 0.6) is 0 Å². The van der Waals surface area contributed by atoms with Crippen molar-refractivity contribution in [2.75, 3.05) is 6.61 Å². The van der Waals surface area contributed by atoms with Gasteiger partial charge in [0.25, 0.3) is 0 Å². The van der Waals surface area contributed by atoms with E-state index in [1.165, 1.54) is 6.92 Å². The van der Waals surface area contributed by atoms with Crippen molar-refractivity contribution in [2.45, 2.75) is 25.8 Å². The minimum atomic E-state index is 0.00657. The molecule has 0 aromatic carbocycles. The van der Waals surface area contributed by atoms with Gasteiger partial charge in [-0.2, -0.15) is 0 Å². The number of aliphatic hydroxyl groups excluding tert-OH is 1. The van der Waals surface area contributed by atoms with Crippen LogP contribution in [0.25, 0.3) is 0 Å². The van der Waals surface area contributed by atoms with Gasteiger partial charge in [0, 0.05) is 25.5 Å². The normalized spacial score (nSPS) is 28.5. The molecule has 0 aromatic heterocycles. The van der Waals surface area contributed by atoms with Gasteiger partial charge in [0.1, 0.15) is 0 Å². The molecule has 1 aliphatic carbocycles. The second kappa shape index (κ2) is 4.26. The van der Waals surface area contributed by atoms with Gasteiger partial charge in [-0.3, -0.25) is 4.79 Å². The molecule has 0 saturated heterocycles. The van der Waals surface area contributed by atoms with E-state index in [2.05, 4.69) is 5.32 Å².